The molecule has 0 radical (unpaired) electrons. The van der Waals surface area contributed by atoms with Gasteiger partial charge >= 0.3 is 0 Å². The van der Waals surface area contributed by atoms with Crippen molar-refractivity contribution >= 4 is 39.0 Å². The van der Waals surface area contributed by atoms with E-state index in [1.807, 2.05) is 0 Å². The van der Waals surface area contributed by atoms with Gasteiger partial charge < -0.3 is 9.32 Å². The lowest BCUT2D eigenvalue weighted by Crippen LogP contribution is -2.28. The Bertz CT molecular complexity index is 3570. The van der Waals surface area contributed by atoms with Crippen LogP contribution in [0.4, 0.5) is 17.1 Å². The van der Waals surface area contributed by atoms with Crippen LogP contribution in [0.1, 0.15) is 47.2 Å². The number of benzene rings is 10. The Balaban J connectivity index is 1.06. The Kier molecular flexibility index (Phi) is 8.51. The van der Waals surface area contributed by atoms with Gasteiger partial charge in [-0.05, 0) is 115 Å². The Morgan fingerprint density at radius 2 is 0.833 bits per heavy atom. The molecule has 0 saturated carbocycles. The predicted molar refractivity (Wildman–Crippen MR) is 274 cm³/mol. The van der Waals surface area contributed by atoms with Crippen LogP contribution in [-0.2, 0) is 10.8 Å². The molecule has 13 rings (SSSR count). The molecule has 0 saturated heterocycles. The fourth-order valence-corrected chi connectivity index (χ4v) is 11.5. The van der Waals surface area contributed by atoms with E-state index in [9.17, 15) is 0 Å². The highest BCUT2D eigenvalue weighted by atomic mass is 16.3. The van der Waals surface area contributed by atoms with Crippen LogP contribution in [0.15, 0.2) is 241 Å². The van der Waals surface area contributed by atoms with Crippen molar-refractivity contribution in [2.45, 2.75) is 24.7 Å². The van der Waals surface area contributed by atoms with E-state index in [2.05, 4.69) is 255 Å². The summed E-state index contributed by atoms with van der Waals surface area (Å²) in [4.78, 5) is 2.43. The standard InChI is InChI=1S/C64H45NO/c1-63(2)56-29-15-12-25-50(56)53-35-33-47(40-60(53)63)65(49-38-44(42-19-6-3-7-20-42)37-45(39-49)43-21-8-4-9-22-43)48-34-36-54-55-28-18-32-59(62(55)66-61(54)41-48)64(46-23-10-5-11-24-46)57-30-16-13-26-51(57)52-27-14-17-31-58(52)64/h3-41H,1-2H3. The van der Waals surface area contributed by atoms with Gasteiger partial charge in [0, 0.05) is 44.9 Å². The number of anilines is 3. The summed E-state index contributed by atoms with van der Waals surface area (Å²) >= 11 is 0. The van der Waals surface area contributed by atoms with Crippen LogP contribution in [0.25, 0.3) is 66.4 Å². The van der Waals surface area contributed by atoms with Gasteiger partial charge in [0.15, 0.2) is 0 Å². The number of hydrogen-bond donors (Lipinski definition) is 0. The van der Waals surface area contributed by atoms with Crippen molar-refractivity contribution in [3.63, 3.8) is 0 Å². The second-order valence-corrected chi connectivity index (χ2v) is 18.4. The monoisotopic (exact) mass is 843 g/mol. The summed E-state index contributed by atoms with van der Waals surface area (Å²) in [5.74, 6) is 0. The highest BCUT2D eigenvalue weighted by Gasteiger charge is 2.47. The molecule has 0 spiro atoms. The first kappa shape index (κ1) is 38.3. The van der Waals surface area contributed by atoms with Crippen molar-refractivity contribution in [2.75, 3.05) is 4.90 Å². The lowest BCUT2D eigenvalue weighted by atomic mass is 9.67. The number of furan rings is 1. The van der Waals surface area contributed by atoms with Gasteiger partial charge in [-0.25, -0.2) is 0 Å². The molecule has 2 heteroatoms. The van der Waals surface area contributed by atoms with Gasteiger partial charge in [-0.2, -0.15) is 0 Å². The fourth-order valence-electron chi connectivity index (χ4n) is 11.5. The van der Waals surface area contributed by atoms with Crippen molar-refractivity contribution in [1.29, 1.82) is 0 Å². The van der Waals surface area contributed by atoms with Gasteiger partial charge in [-0.15, -0.1) is 0 Å². The molecule has 2 aliphatic rings. The van der Waals surface area contributed by atoms with Gasteiger partial charge in [0.2, 0.25) is 0 Å². The molecule has 1 heterocycles. The molecule has 0 amide bonds. The van der Waals surface area contributed by atoms with Crippen LogP contribution in [0.5, 0.6) is 0 Å². The molecule has 2 aliphatic carbocycles. The number of rotatable bonds is 7. The Morgan fingerprint density at radius 3 is 1.47 bits per heavy atom. The molecule has 2 nitrogen and oxygen atoms in total. The van der Waals surface area contributed by atoms with Crippen LogP contribution in [0.2, 0.25) is 0 Å². The molecule has 0 atom stereocenters. The maximum atomic E-state index is 7.34. The average molecular weight is 844 g/mol. The summed E-state index contributed by atoms with van der Waals surface area (Å²) in [7, 11) is 0. The summed E-state index contributed by atoms with van der Waals surface area (Å²) in [6.45, 7) is 4.72. The Labute approximate surface area is 385 Å². The molecule has 11 aromatic rings. The number of para-hydroxylation sites is 1. The minimum Gasteiger partial charge on any atom is -0.456 e. The molecule has 0 N–H and O–H groups in total. The second-order valence-electron chi connectivity index (χ2n) is 18.4. The summed E-state index contributed by atoms with van der Waals surface area (Å²) in [6, 6.07) is 86.8. The second kappa shape index (κ2) is 14.7. The molecule has 312 valence electrons. The van der Waals surface area contributed by atoms with Crippen molar-refractivity contribution in [2.24, 2.45) is 0 Å². The Hall–Kier alpha value is -8.20. The highest BCUT2D eigenvalue weighted by molar-refractivity contribution is 6.08. The van der Waals surface area contributed by atoms with Crippen LogP contribution < -0.4 is 4.90 Å². The third kappa shape index (κ3) is 5.61. The zero-order chi connectivity index (χ0) is 44.0. The highest BCUT2D eigenvalue weighted by Crippen LogP contribution is 2.58. The Morgan fingerprint density at radius 1 is 0.333 bits per heavy atom. The number of hydrogen-bond acceptors (Lipinski definition) is 2. The summed E-state index contributed by atoms with van der Waals surface area (Å²) in [5.41, 5.74) is 21.6. The summed E-state index contributed by atoms with van der Waals surface area (Å²) in [5, 5.41) is 2.19. The van der Waals surface area contributed by atoms with E-state index in [1.54, 1.807) is 0 Å². The molecular weight excluding hydrogens is 799 g/mol. The van der Waals surface area contributed by atoms with E-state index in [0.717, 1.165) is 55.7 Å². The van der Waals surface area contributed by atoms with E-state index in [1.165, 1.54) is 61.2 Å². The minimum absolute atomic E-state index is 0.167. The first-order valence-corrected chi connectivity index (χ1v) is 23.0. The normalized spacial score (nSPS) is 13.8. The first-order valence-electron chi connectivity index (χ1n) is 23.0. The summed E-state index contributed by atoms with van der Waals surface area (Å²) in [6.07, 6.45) is 0. The van der Waals surface area contributed by atoms with Gasteiger partial charge in [0.25, 0.3) is 0 Å². The third-order valence-electron chi connectivity index (χ3n) is 14.5. The van der Waals surface area contributed by atoms with Crippen molar-refractivity contribution in [3.8, 4) is 44.5 Å². The molecule has 0 aliphatic heterocycles. The zero-order valence-electron chi connectivity index (χ0n) is 36.9. The zero-order valence-corrected chi connectivity index (χ0v) is 36.9. The van der Waals surface area contributed by atoms with Crippen molar-refractivity contribution in [3.05, 3.63) is 270 Å². The van der Waals surface area contributed by atoms with Crippen molar-refractivity contribution in [1.82, 2.24) is 0 Å². The quantitative estimate of drug-likeness (QED) is 0.159. The largest absolute Gasteiger partial charge is 0.456 e. The van der Waals surface area contributed by atoms with Gasteiger partial charge in [0.1, 0.15) is 11.2 Å². The fraction of sp³-hybridized carbons (Fsp3) is 0.0625. The smallest absolute Gasteiger partial charge is 0.140 e. The van der Waals surface area contributed by atoms with E-state index in [0.29, 0.717) is 0 Å². The van der Waals surface area contributed by atoms with Crippen LogP contribution in [0, 0.1) is 0 Å². The minimum atomic E-state index is -0.586. The third-order valence-corrected chi connectivity index (χ3v) is 14.5. The van der Waals surface area contributed by atoms with Gasteiger partial charge in [0.05, 0.1) is 5.41 Å². The van der Waals surface area contributed by atoms with Gasteiger partial charge in [-0.3, -0.25) is 0 Å². The molecular formula is C64H45NO. The van der Waals surface area contributed by atoms with Crippen molar-refractivity contribution < 1.29 is 4.42 Å². The SMILES string of the molecule is CC1(C)c2ccccc2-c2ccc(N(c3cc(-c4ccccc4)cc(-c4ccccc4)c3)c3ccc4c(c3)oc3c(C5(c6ccccc6)c6ccccc6-c6ccccc65)cccc34)cc21. The molecule has 66 heavy (non-hydrogen) atoms. The number of fused-ring (bicyclic) bond motifs is 9. The van der Waals surface area contributed by atoms with E-state index >= 15 is 0 Å². The van der Waals surface area contributed by atoms with E-state index in [4.69, 9.17) is 4.42 Å². The molecule has 1 aromatic heterocycles. The average Bonchev–Trinajstić information content (AvgIpc) is 3.98. The molecule has 10 aromatic carbocycles. The predicted octanol–water partition coefficient (Wildman–Crippen LogP) is 17.1. The van der Waals surface area contributed by atoms with Crippen LogP contribution >= 0.6 is 0 Å². The lowest BCUT2D eigenvalue weighted by Gasteiger charge is -2.33. The van der Waals surface area contributed by atoms with E-state index < -0.39 is 5.41 Å². The molecule has 0 unspecified atom stereocenters. The molecule has 0 bridgehead atoms. The van der Waals surface area contributed by atoms with Crippen LogP contribution in [-0.4, -0.2) is 0 Å². The van der Waals surface area contributed by atoms with Gasteiger partial charge in [-0.1, -0.05) is 202 Å². The first-order chi connectivity index (χ1) is 32.5. The molecule has 0 fully saturated rings. The van der Waals surface area contributed by atoms with E-state index in [-0.39, 0.29) is 5.41 Å². The lowest BCUT2D eigenvalue weighted by molar-refractivity contribution is 0.648. The summed E-state index contributed by atoms with van der Waals surface area (Å²) < 4.78 is 7.34. The number of nitrogens with zero attached hydrogens (tertiary/aromatic N) is 1. The topological polar surface area (TPSA) is 16.4 Å². The maximum Gasteiger partial charge on any atom is 0.140 e. The maximum absolute atomic E-state index is 7.34. The van der Waals surface area contributed by atoms with Crippen LogP contribution in [0.3, 0.4) is 0 Å².